The molecule has 0 bridgehead atoms. The van der Waals surface area contributed by atoms with E-state index >= 15 is 0 Å². The summed E-state index contributed by atoms with van der Waals surface area (Å²) in [6, 6.07) is 0. The van der Waals surface area contributed by atoms with Gasteiger partial charge in [-0.15, -0.1) is 0 Å². The van der Waals surface area contributed by atoms with Gasteiger partial charge in [0, 0.05) is 12.8 Å². The Labute approximate surface area is 594 Å². The maximum absolute atomic E-state index is 13.0. The topological polar surface area (TPSA) is 108 Å². The summed E-state index contributed by atoms with van der Waals surface area (Å²) in [4.78, 5) is 37.7. The average Bonchev–Trinajstić information content (AvgIpc) is 3.11. The Morgan fingerprint density at radius 2 is 0.557 bits per heavy atom. The maximum atomic E-state index is 13.0. The van der Waals surface area contributed by atoms with Crippen LogP contribution in [0.1, 0.15) is 258 Å². The van der Waals surface area contributed by atoms with E-state index in [1.807, 2.05) is 21.1 Å². The molecule has 0 heterocycles. The predicted molar refractivity (Wildman–Crippen MR) is 418 cm³/mol. The van der Waals surface area contributed by atoms with Crippen LogP contribution in [0.25, 0.3) is 0 Å². The van der Waals surface area contributed by atoms with Gasteiger partial charge in [-0.2, -0.15) is 0 Å². The van der Waals surface area contributed by atoms with Crippen LogP contribution in [-0.2, 0) is 33.3 Å². The summed E-state index contributed by atoms with van der Waals surface area (Å²) >= 11 is 0. The molecule has 0 radical (unpaired) electrons. The standard InChI is InChI=1S/C88H137NO8/c1-6-8-10-12-14-16-18-20-22-24-26-28-30-32-34-36-38-40-42-43-45-47-49-51-53-55-57-59-61-63-65-67-69-71-73-75-77-79-86(91)97-84(83-96-88(87(92)93)94-81-80-89(3,4)5)82-95-85(90)78-76-74-72-70-68-66-64-62-60-58-56-54-52-50-48-46-44-41-39-37-35-33-31-29-27-25-23-21-19-17-15-13-11-9-7-2/h8-11,14-17,20-23,26-29,32-35,38-41,43,45-46,48-49,51,55,57,61,63,67,69,84,88H,6-7,12-13,18-19,24-25,30-31,36-37,42,44,47,50,52-54,56,58-60,62,64-66,68,70-83H2,1-5H3/p+1/b10-8-,11-9-,16-14-,17-15-,22-20-,23-21-,28-26-,29-27-,34-32-,35-33-,40-38-,41-39-,45-43-,48-46-,51-49-,57-55-,63-61-,69-67-. The second kappa shape index (κ2) is 75.4. The van der Waals surface area contributed by atoms with Gasteiger partial charge in [-0.1, -0.05) is 310 Å². The van der Waals surface area contributed by atoms with E-state index < -0.39 is 24.3 Å². The monoisotopic (exact) mass is 1340 g/mol. The Balaban J connectivity index is 4.23. The van der Waals surface area contributed by atoms with Crippen molar-refractivity contribution in [1.29, 1.82) is 0 Å². The molecule has 9 heteroatoms. The zero-order valence-corrected chi connectivity index (χ0v) is 61.9. The minimum atomic E-state index is -1.54. The van der Waals surface area contributed by atoms with Crippen LogP contribution in [0.4, 0.5) is 0 Å². The van der Waals surface area contributed by atoms with Crippen molar-refractivity contribution in [2.24, 2.45) is 0 Å². The molecule has 0 aromatic rings. The lowest BCUT2D eigenvalue weighted by Gasteiger charge is -2.25. The zero-order chi connectivity index (χ0) is 70.4. The summed E-state index contributed by atoms with van der Waals surface area (Å²) in [7, 11) is 5.95. The molecule has 0 aromatic carbocycles. The number of rotatable bonds is 67. The first-order valence-electron chi connectivity index (χ1n) is 37.9. The molecule has 0 saturated carbocycles. The van der Waals surface area contributed by atoms with Gasteiger partial charge in [-0.25, -0.2) is 4.79 Å². The van der Waals surface area contributed by atoms with Crippen LogP contribution in [0.15, 0.2) is 219 Å². The lowest BCUT2D eigenvalue weighted by atomic mass is 10.0. The average molecular weight is 1340 g/mol. The molecular formula is C88H138NO8+. The van der Waals surface area contributed by atoms with E-state index in [2.05, 4.69) is 233 Å². The number of hydrogen-bond acceptors (Lipinski definition) is 7. The van der Waals surface area contributed by atoms with Crippen LogP contribution in [0.5, 0.6) is 0 Å². The number of aliphatic carboxylic acids is 1. The van der Waals surface area contributed by atoms with E-state index in [1.54, 1.807) is 0 Å². The summed E-state index contributed by atoms with van der Waals surface area (Å²) in [6.45, 7) is 4.59. The third-order valence-corrected chi connectivity index (χ3v) is 15.2. The van der Waals surface area contributed by atoms with Crippen molar-refractivity contribution >= 4 is 17.9 Å². The zero-order valence-electron chi connectivity index (χ0n) is 61.9. The van der Waals surface area contributed by atoms with E-state index in [1.165, 1.54) is 70.6 Å². The van der Waals surface area contributed by atoms with Crippen molar-refractivity contribution in [3.8, 4) is 0 Å². The second-order valence-corrected chi connectivity index (χ2v) is 25.5. The number of likely N-dealkylation sites (N-methyl/N-ethyl adjacent to an activating group) is 1. The number of carboxylic acids is 1. The number of carbonyl (C=O) groups is 3. The van der Waals surface area contributed by atoms with Gasteiger partial charge in [0.25, 0.3) is 6.29 Å². The summed E-state index contributed by atoms with van der Waals surface area (Å²) in [5, 5.41) is 9.76. The van der Waals surface area contributed by atoms with Gasteiger partial charge in [0.05, 0.1) is 34.4 Å². The molecule has 0 aliphatic heterocycles. The Kier molecular flexibility index (Phi) is 70.4. The van der Waals surface area contributed by atoms with E-state index in [0.717, 1.165) is 154 Å². The molecule has 542 valence electrons. The van der Waals surface area contributed by atoms with Crippen LogP contribution in [0.2, 0.25) is 0 Å². The Hall–Kier alpha value is -6.39. The Bertz CT molecular complexity index is 2400. The van der Waals surface area contributed by atoms with Crippen LogP contribution in [0.3, 0.4) is 0 Å². The number of ether oxygens (including phenoxy) is 4. The van der Waals surface area contributed by atoms with Crippen LogP contribution in [-0.4, -0.2) is 87.4 Å². The lowest BCUT2D eigenvalue weighted by molar-refractivity contribution is -0.870. The van der Waals surface area contributed by atoms with Crippen molar-refractivity contribution in [2.75, 3.05) is 47.5 Å². The van der Waals surface area contributed by atoms with Gasteiger partial charge < -0.3 is 28.5 Å². The molecule has 2 atom stereocenters. The molecule has 1 N–H and O–H groups in total. The molecule has 0 saturated heterocycles. The molecule has 9 nitrogen and oxygen atoms in total. The number of esters is 2. The molecule has 0 aromatic heterocycles. The van der Waals surface area contributed by atoms with E-state index in [0.29, 0.717) is 17.4 Å². The first kappa shape index (κ1) is 90.6. The number of carbonyl (C=O) groups excluding carboxylic acids is 2. The number of hydrogen-bond donors (Lipinski definition) is 1. The van der Waals surface area contributed by atoms with E-state index in [-0.39, 0.29) is 38.6 Å². The largest absolute Gasteiger partial charge is 0.477 e. The summed E-state index contributed by atoms with van der Waals surface area (Å²) < 4.78 is 22.9. The Morgan fingerprint density at radius 3 is 0.835 bits per heavy atom. The fraction of sp³-hybridized carbons (Fsp3) is 0.557. The van der Waals surface area contributed by atoms with E-state index in [4.69, 9.17) is 18.9 Å². The smallest absolute Gasteiger partial charge is 0.361 e. The maximum Gasteiger partial charge on any atom is 0.361 e. The lowest BCUT2D eigenvalue weighted by Crippen LogP contribution is -2.40. The van der Waals surface area contributed by atoms with Crippen molar-refractivity contribution < 1.29 is 42.9 Å². The minimum absolute atomic E-state index is 0.169. The molecule has 0 aliphatic rings. The molecule has 2 unspecified atom stereocenters. The summed E-state index contributed by atoms with van der Waals surface area (Å²) in [6.07, 6.45) is 116. The molecule has 0 aliphatic carbocycles. The quantitative estimate of drug-likeness (QED) is 0.0211. The second-order valence-electron chi connectivity index (χ2n) is 25.5. The van der Waals surface area contributed by atoms with Gasteiger partial charge in [0.1, 0.15) is 13.2 Å². The highest BCUT2D eigenvalue weighted by atomic mass is 16.7. The highest BCUT2D eigenvalue weighted by Gasteiger charge is 2.25. The van der Waals surface area contributed by atoms with Gasteiger partial charge in [-0.3, -0.25) is 9.59 Å². The molecule has 0 amide bonds. The van der Waals surface area contributed by atoms with Gasteiger partial charge in [0.15, 0.2) is 6.10 Å². The SMILES string of the molecule is CC/C=C\C/C=C\C/C=C\C/C=C\C/C=C\C/C=C\C/C=C\C/C=C\C/C=C\C/C=C\C/C=C\CCCCCC(=O)OC(COC(=O)CCCCCCCCCCCCCCC/C=C\C/C=C\C/C=C\C/C=C\C/C=C\C/C=C\C/C=C\CC)COC(OCC[N+](C)(C)C)C(=O)O. The van der Waals surface area contributed by atoms with Gasteiger partial charge in [-0.05, 0) is 154 Å². The van der Waals surface area contributed by atoms with Crippen molar-refractivity contribution in [3.63, 3.8) is 0 Å². The predicted octanol–water partition coefficient (Wildman–Crippen LogP) is 24.5. The fourth-order valence-corrected chi connectivity index (χ4v) is 9.53. The summed E-state index contributed by atoms with van der Waals surface area (Å²) in [5.74, 6) is -2.07. The third-order valence-electron chi connectivity index (χ3n) is 15.2. The normalized spacial score (nSPS) is 13.9. The Morgan fingerprint density at radius 1 is 0.309 bits per heavy atom. The first-order valence-corrected chi connectivity index (χ1v) is 37.9. The molecular weight excluding hydrogens is 1200 g/mol. The number of allylic oxidation sites excluding steroid dienone is 36. The minimum Gasteiger partial charge on any atom is -0.477 e. The molecule has 0 rings (SSSR count). The number of carboxylic acid groups (broad SMARTS) is 1. The van der Waals surface area contributed by atoms with Gasteiger partial charge in [0.2, 0.25) is 0 Å². The van der Waals surface area contributed by atoms with Crippen LogP contribution in [0, 0.1) is 0 Å². The van der Waals surface area contributed by atoms with E-state index in [9.17, 15) is 19.5 Å². The van der Waals surface area contributed by atoms with Crippen molar-refractivity contribution in [3.05, 3.63) is 219 Å². The van der Waals surface area contributed by atoms with Gasteiger partial charge >= 0.3 is 17.9 Å². The van der Waals surface area contributed by atoms with Crippen LogP contribution < -0.4 is 0 Å². The van der Waals surface area contributed by atoms with Crippen molar-refractivity contribution in [1.82, 2.24) is 0 Å². The number of nitrogens with zero attached hydrogens (tertiary/aromatic N) is 1. The first-order chi connectivity index (χ1) is 47.6. The third kappa shape index (κ3) is 76.8. The summed E-state index contributed by atoms with van der Waals surface area (Å²) in [5.41, 5.74) is 0. The highest BCUT2D eigenvalue weighted by Crippen LogP contribution is 2.15. The number of unbranched alkanes of at least 4 members (excludes halogenated alkanes) is 16. The highest BCUT2D eigenvalue weighted by molar-refractivity contribution is 5.71. The van der Waals surface area contributed by atoms with Crippen molar-refractivity contribution in [2.45, 2.75) is 270 Å². The molecule has 0 spiro atoms. The number of quaternary nitrogens is 1. The van der Waals surface area contributed by atoms with Crippen LogP contribution >= 0.6 is 0 Å². The molecule has 0 fully saturated rings. The fourth-order valence-electron chi connectivity index (χ4n) is 9.53. The molecule has 97 heavy (non-hydrogen) atoms.